The molecule has 0 saturated heterocycles. The summed E-state index contributed by atoms with van der Waals surface area (Å²) in [6.45, 7) is 1.71. The number of hydrogen-bond acceptors (Lipinski definition) is 8. The molecule has 3 aromatic rings. The molecule has 0 spiro atoms. The Morgan fingerprint density at radius 1 is 1.24 bits per heavy atom. The molecule has 4 rings (SSSR count). The number of halogens is 1. The van der Waals surface area contributed by atoms with Gasteiger partial charge in [0.25, 0.3) is 5.91 Å². The number of fused-ring (bicyclic) bond motifs is 1. The van der Waals surface area contributed by atoms with Crippen LogP contribution in [-0.2, 0) is 14.6 Å². The van der Waals surface area contributed by atoms with Crippen molar-refractivity contribution < 1.29 is 27.1 Å². The van der Waals surface area contributed by atoms with Gasteiger partial charge < -0.3 is 15.0 Å². The summed E-state index contributed by atoms with van der Waals surface area (Å²) in [5.41, 5.74) is 1.45. The number of aryl methyl sites for hydroxylation is 1. The Morgan fingerprint density at radius 3 is 2.68 bits per heavy atom. The van der Waals surface area contributed by atoms with Crippen LogP contribution in [-0.4, -0.2) is 56.2 Å². The van der Waals surface area contributed by atoms with Gasteiger partial charge in [-0.3, -0.25) is 4.79 Å². The van der Waals surface area contributed by atoms with Gasteiger partial charge in [0.2, 0.25) is 5.82 Å². The van der Waals surface area contributed by atoms with E-state index in [2.05, 4.69) is 15.3 Å². The van der Waals surface area contributed by atoms with E-state index in [1.165, 1.54) is 30.5 Å². The number of carbonyl (C=O) groups excluding carboxylic acids is 2. The number of rotatable bonds is 4. The highest BCUT2D eigenvalue weighted by molar-refractivity contribution is 7.90. The van der Waals surface area contributed by atoms with Crippen LogP contribution in [0.5, 0.6) is 5.75 Å². The van der Waals surface area contributed by atoms with Crippen molar-refractivity contribution in [2.24, 2.45) is 0 Å². The summed E-state index contributed by atoms with van der Waals surface area (Å²) in [4.78, 5) is 35.5. The Hall–Kier alpha value is -3.86. The first-order valence-corrected chi connectivity index (χ1v) is 12.1. The highest BCUT2D eigenvalue weighted by Gasteiger charge is 2.31. The number of aromatic nitrogens is 2. The molecule has 0 saturated carbocycles. The summed E-state index contributed by atoms with van der Waals surface area (Å²) < 4.78 is 43.5. The first-order chi connectivity index (χ1) is 16.0. The number of nitrogens with one attached hydrogen (secondary N) is 1. The van der Waals surface area contributed by atoms with Gasteiger partial charge in [-0.15, -0.1) is 0 Å². The lowest BCUT2D eigenvalue weighted by atomic mass is 10.1. The number of benzene rings is 2. The topological polar surface area (TPSA) is 119 Å². The molecule has 2 aromatic carbocycles. The van der Waals surface area contributed by atoms with Gasteiger partial charge in [-0.1, -0.05) is 12.1 Å². The number of ether oxygens (including phenoxy) is 1. The lowest BCUT2D eigenvalue weighted by molar-refractivity contribution is -0.135. The molecule has 0 unspecified atom stereocenters. The quantitative estimate of drug-likeness (QED) is 0.442. The summed E-state index contributed by atoms with van der Waals surface area (Å²) in [6.07, 6.45) is 2.49. The van der Waals surface area contributed by atoms with Crippen LogP contribution in [0.1, 0.15) is 16.2 Å². The maximum atomic E-state index is 14.3. The van der Waals surface area contributed by atoms with Gasteiger partial charge in [-0.25, -0.2) is 27.6 Å². The first kappa shape index (κ1) is 23.3. The third kappa shape index (κ3) is 4.60. The average Bonchev–Trinajstić information content (AvgIpc) is 2.89. The van der Waals surface area contributed by atoms with E-state index in [-0.39, 0.29) is 34.3 Å². The molecule has 9 nitrogen and oxygen atoms in total. The molecule has 0 aliphatic carbocycles. The number of likely N-dealkylation sites (N-methyl/N-ethyl adjacent to an activating group) is 1. The maximum absolute atomic E-state index is 14.3. The van der Waals surface area contributed by atoms with Crippen LogP contribution >= 0.6 is 0 Å². The molecule has 0 fully saturated rings. The number of carbonyl (C=O) groups is 2. The van der Waals surface area contributed by atoms with E-state index in [0.717, 1.165) is 6.26 Å². The van der Waals surface area contributed by atoms with Gasteiger partial charge in [0.1, 0.15) is 11.9 Å². The fourth-order valence-electron chi connectivity index (χ4n) is 3.54. The molecule has 1 amide bonds. The number of amides is 1. The van der Waals surface area contributed by atoms with Crippen LogP contribution in [0.2, 0.25) is 0 Å². The number of sulfone groups is 1. The van der Waals surface area contributed by atoms with Crippen molar-refractivity contribution in [1.82, 2.24) is 15.3 Å². The number of anilines is 1. The average molecular weight is 485 g/mol. The summed E-state index contributed by atoms with van der Waals surface area (Å²) in [7, 11) is -1.82. The minimum absolute atomic E-state index is 0.0107. The zero-order valence-electron chi connectivity index (χ0n) is 18.6. The van der Waals surface area contributed by atoms with E-state index < -0.39 is 33.6 Å². The van der Waals surface area contributed by atoms with Crippen LogP contribution in [0.4, 0.5) is 10.1 Å². The second-order valence-electron chi connectivity index (χ2n) is 7.93. The van der Waals surface area contributed by atoms with Crippen molar-refractivity contribution in [2.75, 3.05) is 24.7 Å². The molecule has 1 aliphatic heterocycles. The molecular weight excluding hydrogens is 463 g/mol. The van der Waals surface area contributed by atoms with Crippen molar-refractivity contribution in [3.63, 3.8) is 0 Å². The number of esters is 1. The second-order valence-corrected chi connectivity index (χ2v) is 9.95. The Morgan fingerprint density at radius 2 is 1.97 bits per heavy atom. The Labute approximate surface area is 195 Å². The second kappa shape index (κ2) is 8.82. The Bertz CT molecular complexity index is 1410. The Balaban J connectivity index is 1.59. The van der Waals surface area contributed by atoms with Gasteiger partial charge in [0, 0.05) is 31.6 Å². The van der Waals surface area contributed by atoms with E-state index >= 15 is 0 Å². The van der Waals surface area contributed by atoms with Crippen molar-refractivity contribution in [3.05, 3.63) is 65.9 Å². The van der Waals surface area contributed by atoms with Gasteiger partial charge in [0.15, 0.2) is 15.6 Å². The van der Waals surface area contributed by atoms with Crippen molar-refractivity contribution in [1.29, 1.82) is 0 Å². The first-order valence-electron chi connectivity index (χ1n) is 10.2. The predicted molar refractivity (Wildman–Crippen MR) is 122 cm³/mol. The minimum atomic E-state index is -3.47. The standard InChI is InChI=1S/C23H21FN4O5S/c1-13-11-25-21(27-20(13)15-6-4-5-7-16(15)24)22(29)26-17-12-28(2)18-10-14(34(3,31)32)8-9-19(18)33-23(17)30/h4-11,17H,12H2,1-3H3,(H,26,29)/t17-/m0/s1. The monoisotopic (exact) mass is 484 g/mol. The van der Waals surface area contributed by atoms with Crippen molar-refractivity contribution >= 4 is 27.4 Å². The highest BCUT2D eigenvalue weighted by Crippen LogP contribution is 2.33. The van der Waals surface area contributed by atoms with Crippen LogP contribution < -0.4 is 15.0 Å². The molecular formula is C23H21FN4O5S. The number of nitrogens with zero attached hydrogens (tertiary/aromatic N) is 3. The van der Waals surface area contributed by atoms with Crippen molar-refractivity contribution in [3.8, 4) is 17.0 Å². The smallest absolute Gasteiger partial charge is 0.335 e. The maximum Gasteiger partial charge on any atom is 0.335 e. The fourth-order valence-corrected chi connectivity index (χ4v) is 4.18. The van der Waals surface area contributed by atoms with Crippen molar-refractivity contribution in [2.45, 2.75) is 17.9 Å². The van der Waals surface area contributed by atoms with E-state index in [1.54, 1.807) is 37.1 Å². The van der Waals surface area contributed by atoms with Crippen LogP contribution in [0.3, 0.4) is 0 Å². The summed E-state index contributed by atoms with van der Waals surface area (Å²) in [5, 5.41) is 2.56. The predicted octanol–water partition coefficient (Wildman–Crippen LogP) is 2.15. The van der Waals surface area contributed by atoms with E-state index in [0.29, 0.717) is 11.3 Å². The molecule has 176 valence electrons. The lowest BCUT2D eigenvalue weighted by Crippen LogP contribution is -2.48. The summed E-state index contributed by atoms with van der Waals surface area (Å²) >= 11 is 0. The SMILES string of the molecule is Cc1cnc(C(=O)N[C@H]2CN(C)c3cc(S(C)(=O)=O)ccc3OC2=O)nc1-c1ccccc1F. The molecule has 1 aliphatic rings. The third-order valence-electron chi connectivity index (χ3n) is 5.33. The zero-order valence-corrected chi connectivity index (χ0v) is 19.4. The summed E-state index contributed by atoms with van der Waals surface area (Å²) in [5.74, 6) is -2.02. The van der Waals surface area contributed by atoms with E-state index in [4.69, 9.17) is 4.74 Å². The van der Waals surface area contributed by atoms with Gasteiger partial charge in [-0.2, -0.15) is 0 Å². The number of hydrogen-bond donors (Lipinski definition) is 1. The highest BCUT2D eigenvalue weighted by atomic mass is 32.2. The Kier molecular flexibility index (Phi) is 6.05. The molecule has 0 radical (unpaired) electrons. The molecule has 1 N–H and O–H groups in total. The molecule has 2 heterocycles. The van der Waals surface area contributed by atoms with Crippen LogP contribution in [0, 0.1) is 12.7 Å². The molecule has 11 heteroatoms. The molecule has 34 heavy (non-hydrogen) atoms. The van der Waals surface area contributed by atoms with Gasteiger partial charge in [0.05, 0.1) is 16.3 Å². The molecule has 1 aromatic heterocycles. The van der Waals surface area contributed by atoms with Gasteiger partial charge in [-0.05, 0) is 42.8 Å². The van der Waals surface area contributed by atoms with E-state index in [1.807, 2.05) is 0 Å². The summed E-state index contributed by atoms with van der Waals surface area (Å²) in [6, 6.07) is 9.11. The molecule has 0 bridgehead atoms. The normalized spacial score (nSPS) is 15.8. The van der Waals surface area contributed by atoms with E-state index in [9.17, 15) is 22.4 Å². The lowest BCUT2D eigenvalue weighted by Gasteiger charge is -2.21. The minimum Gasteiger partial charge on any atom is -0.423 e. The third-order valence-corrected chi connectivity index (χ3v) is 6.44. The van der Waals surface area contributed by atoms with Gasteiger partial charge >= 0.3 is 5.97 Å². The van der Waals surface area contributed by atoms with Crippen LogP contribution in [0.25, 0.3) is 11.3 Å². The molecule has 1 atom stereocenters. The van der Waals surface area contributed by atoms with Crippen LogP contribution in [0.15, 0.2) is 53.6 Å². The fraction of sp³-hybridized carbons (Fsp3) is 0.217. The zero-order chi connectivity index (χ0) is 24.6. The largest absolute Gasteiger partial charge is 0.423 e.